The van der Waals surface area contributed by atoms with Gasteiger partial charge in [-0.1, -0.05) is 6.07 Å². The van der Waals surface area contributed by atoms with Crippen LogP contribution in [0.1, 0.15) is 42.1 Å². The number of benzene rings is 1. The molecule has 0 atom stereocenters. The zero-order chi connectivity index (χ0) is 20.5. The molecule has 2 aromatic rings. The van der Waals surface area contributed by atoms with Gasteiger partial charge in [-0.05, 0) is 56.0 Å². The molecular weight excluding hydrogens is 386 g/mol. The second-order valence-electron chi connectivity index (χ2n) is 6.90. The van der Waals surface area contributed by atoms with Gasteiger partial charge in [-0.15, -0.1) is 11.8 Å². The number of hydrogen-bond donors (Lipinski definition) is 1. The number of hydrogen-bond acceptors (Lipinski definition) is 5. The van der Waals surface area contributed by atoms with Gasteiger partial charge in [0.05, 0.1) is 18.0 Å². The van der Waals surface area contributed by atoms with Crippen molar-refractivity contribution in [3.63, 3.8) is 0 Å². The van der Waals surface area contributed by atoms with Crippen LogP contribution in [-0.2, 0) is 10.5 Å². The first kappa shape index (κ1) is 21.2. The number of carbonyl (C=O) groups is 2. The number of anilines is 1. The van der Waals surface area contributed by atoms with E-state index in [0.717, 1.165) is 31.5 Å². The fourth-order valence-electron chi connectivity index (χ4n) is 3.25. The number of ether oxygens (including phenoxy) is 1. The van der Waals surface area contributed by atoms with Crippen LogP contribution in [0.15, 0.2) is 42.7 Å². The van der Waals surface area contributed by atoms with E-state index >= 15 is 0 Å². The Morgan fingerprint density at radius 1 is 1.21 bits per heavy atom. The summed E-state index contributed by atoms with van der Waals surface area (Å²) in [4.78, 5) is 31.2. The van der Waals surface area contributed by atoms with E-state index in [1.165, 1.54) is 18.2 Å². The monoisotopic (exact) mass is 413 g/mol. The summed E-state index contributed by atoms with van der Waals surface area (Å²) >= 11 is 1.52. The fraction of sp³-hybridized carbons (Fsp3) is 0.409. The summed E-state index contributed by atoms with van der Waals surface area (Å²) in [6.45, 7) is 3.96. The number of piperidine rings is 1. The highest BCUT2D eigenvalue weighted by Crippen LogP contribution is 2.27. The maximum atomic E-state index is 12.8. The number of pyridine rings is 1. The van der Waals surface area contributed by atoms with Crippen LogP contribution in [-0.4, -0.2) is 47.1 Å². The average Bonchev–Trinajstić information content (AvgIpc) is 2.76. The Hall–Kier alpha value is -2.54. The van der Waals surface area contributed by atoms with Crippen molar-refractivity contribution in [3.05, 3.63) is 53.9 Å². The lowest BCUT2D eigenvalue weighted by atomic mass is 10.1. The molecule has 154 valence electrons. The van der Waals surface area contributed by atoms with Gasteiger partial charge in [0.1, 0.15) is 5.75 Å². The molecule has 29 heavy (non-hydrogen) atoms. The molecule has 0 saturated carbocycles. The molecule has 1 aliphatic heterocycles. The van der Waals surface area contributed by atoms with Gasteiger partial charge in [0.2, 0.25) is 5.91 Å². The van der Waals surface area contributed by atoms with E-state index in [9.17, 15) is 9.59 Å². The number of carbonyl (C=O) groups excluding carboxylic acids is 2. The van der Waals surface area contributed by atoms with E-state index in [0.29, 0.717) is 35.1 Å². The van der Waals surface area contributed by atoms with Gasteiger partial charge in [-0.2, -0.15) is 0 Å². The minimum absolute atomic E-state index is 0.00852. The van der Waals surface area contributed by atoms with Crippen molar-refractivity contribution < 1.29 is 14.3 Å². The number of nitrogens with zero attached hydrogens (tertiary/aromatic N) is 2. The van der Waals surface area contributed by atoms with Crippen LogP contribution in [0, 0.1) is 0 Å². The summed E-state index contributed by atoms with van der Waals surface area (Å²) < 4.78 is 5.64. The van der Waals surface area contributed by atoms with Crippen molar-refractivity contribution in [1.29, 1.82) is 0 Å². The number of likely N-dealkylation sites (tertiary alicyclic amines) is 1. The second-order valence-corrected chi connectivity index (χ2v) is 7.88. The molecule has 0 unspecified atom stereocenters. The van der Waals surface area contributed by atoms with Crippen molar-refractivity contribution in [3.8, 4) is 5.75 Å². The average molecular weight is 414 g/mol. The molecule has 1 aliphatic rings. The summed E-state index contributed by atoms with van der Waals surface area (Å²) in [5.41, 5.74) is 2.20. The summed E-state index contributed by atoms with van der Waals surface area (Å²) in [6, 6.07) is 9.13. The molecule has 1 fully saturated rings. The number of nitrogens with one attached hydrogen (secondary N) is 1. The van der Waals surface area contributed by atoms with Crippen molar-refractivity contribution in [2.24, 2.45) is 0 Å². The lowest BCUT2D eigenvalue weighted by Crippen LogP contribution is -2.35. The van der Waals surface area contributed by atoms with Crippen LogP contribution in [0.5, 0.6) is 5.75 Å². The Kier molecular flexibility index (Phi) is 7.93. The third kappa shape index (κ3) is 6.22. The molecule has 0 aliphatic carbocycles. The number of rotatable bonds is 8. The highest BCUT2D eigenvalue weighted by molar-refractivity contribution is 7.99. The Morgan fingerprint density at radius 2 is 2.03 bits per heavy atom. The zero-order valence-electron chi connectivity index (χ0n) is 16.7. The normalized spacial score (nSPS) is 13.8. The standard InChI is InChI=1S/C22H27N3O3S/c1-2-28-20-9-8-18(22(27)25-11-4-3-5-12-25)13-19(20)24-21(26)16-29-15-17-7-6-10-23-14-17/h6-10,13-14H,2-5,11-12,15-16H2,1H3,(H,24,26). The molecule has 0 spiro atoms. The van der Waals surface area contributed by atoms with Gasteiger partial charge in [0.15, 0.2) is 0 Å². The molecular formula is C22H27N3O3S. The third-order valence-electron chi connectivity index (χ3n) is 4.67. The van der Waals surface area contributed by atoms with Crippen LogP contribution in [0.3, 0.4) is 0 Å². The second kappa shape index (κ2) is 10.9. The highest BCUT2D eigenvalue weighted by Gasteiger charge is 2.20. The van der Waals surface area contributed by atoms with Crippen LogP contribution in [0.2, 0.25) is 0 Å². The van der Waals surface area contributed by atoms with E-state index in [4.69, 9.17) is 4.74 Å². The van der Waals surface area contributed by atoms with E-state index < -0.39 is 0 Å². The SMILES string of the molecule is CCOc1ccc(C(=O)N2CCCCC2)cc1NC(=O)CSCc1cccnc1. The predicted molar refractivity (Wildman–Crippen MR) is 116 cm³/mol. The summed E-state index contributed by atoms with van der Waals surface area (Å²) in [5, 5.41) is 2.91. The van der Waals surface area contributed by atoms with Crippen molar-refractivity contribution in [2.75, 3.05) is 30.8 Å². The first-order chi connectivity index (χ1) is 14.2. The fourth-order valence-corrected chi connectivity index (χ4v) is 4.02. The van der Waals surface area contributed by atoms with E-state index in [1.54, 1.807) is 30.6 Å². The predicted octanol–water partition coefficient (Wildman–Crippen LogP) is 3.98. The smallest absolute Gasteiger partial charge is 0.253 e. The van der Waals surface area contributed by atoms with Gasteiger partial charge in [-0.25, -0.2) is 0 Å². The first-order valence-electron chi connectivity index (χ1n) is 10.00. The summed E-state index contributed by atoms with van der Waals surface area (Å²) in [6.07, 6.45) is 6.79. The van der Waals surface area contributed by atoms with Crippen LogP contribution >= 0.6 is 11.8 Å². The quantitative estimate of drug-likeness (QED) is 0.709. The highest BCUT2D eigenvalue weighted by atomic mass is 32.2. The molecule has 1 N–H and O–H groups in total. The summed E-state index contributed by atoms with van der Waals surface area (Å²) in [5.74, 6) is 1.49. The molecule has 2 amide bonds. The van der Waals surface area contributed by atoms with Crippen LogP contribution in [0.4, 0.5) is 5.69 Å². The molecule has 0 bridgehead atoms. The molecule has 1 saturated heterocycles. The number of thioether (sulfide) groups is 1. The van der Waals surface area contributed by atoms with E-state index in [2.05, 4.69) is 10.3 Å². The molecule has 1 aromatic heterocycles. The zero-order valence-corrected chi connectivity index (χ0v) is 17.5. The Bertz CT molecular complexity index is 823. The molecule has 7 heteroatoms. The Balaban J connectivity index is 1.63. The number of aromatic nitrogens is 1. The minimum atomic E-state index is -0.123. The minimum Gasteiger partial charge on any atom is -0.492 e. The molecule has 3 rings (SSSR count). The molecule has 6 nitrogen and oxygen atoms in total. The van der Waals surface area contributed by atoms with Crippen molar-refractivity contribution in [2.45, 2.75) is 31.9 Å². The molecule has 2 heterocycles. The van der Waals surface area contributed by atoms with Gasteiger partial charge >= 0.3 is 0 Å². The maximum Gasteiger partial charge on any atom is 0.253 e. The van der Waals surface area contributed by atoms with Gasteiger partial charge in [-0.3, -0.25) is 14.6 Å². The van der Waals surface area contributed by atoms with Gasteiger partial charge < -0.3 is 15.0 Å². The van der Waals surface area contributed by atoms with Gasteiger partial charge in [0.25, 0.3) is 5.91 Å². The van der Waals surface area contributed by atoms with Crippen molar-refractivity contribution in [1.82, 2.24) is 9.88 Å². The van der Waals surface area contributed by atoms with E-state index in [-0.39, 0.29) is 11.8 Å². The topological polar surface area (TPSA) is 71.5 Å². The maximum absolute atomic E-state index is 12.8. The first-order valence-corrected chi connectivity index (χ1v) is 11.2. The van der Waals surface area contributed by atoms with Crippen LogP contribution in [0.25, 0.3) is 0 Å². The van der Waals surface area contributed by atoms with E-state index in [1.807, 2.05) is 24.0 Å². The van der Waals surface area contributed by atoms with Crippen molar-refractivity contribution >= 4 is 29.3 Å². The number of amides is 2. The Morgan fingerprint density at radius 3 is 2.76 bits per heavy atom. The lowest BCUT2D eigenvalue weighted by Gasteiger charge is -2.27. The lowest BCUT2D eigenvalue weighted by molar-refractivity contribution is -0.113. The van der Waals surface area contributed by atoms with Crippen LogP contribution < -0.4 is 10.1 Å². The third-order valence-corrected chi connectivity index (χ3v) is 5.67. The molecule has 1 aromatic carbocycles. The molecule has 0 radical (unpaired) electrons. The largest absolute Gasteiger partial charge is 0.492 e. The Labute approximate surface area is 176 Å². The summed E-state index contributed by atoms with van der Waals surface area (Å²) in [7, 11) is 0. The van der Waals surface area contributed by atoms with Gasteiger partial charge in [0, 0.05) is 36.8 Å².